The highest BCUT2D eigenvalue weighted by atomic mass is 31.2. The van der Waals surface area contributed by atoms with E-state index in [2.05, 4.69) is 13.8 Å². The Morgan fingerprint density at radius 1 is 0.355 bits per heavy atom. The molecule has 0 aromatic carbocycles. The molecule has 0 spiro atoms. The molecule has 1 saturated carbocycles. The number of phosphoric acid groups is 1. The lowest BCUT2D eigenvalue weighted by Crippen LogP contribution is -2.64. The zero-order chi connectivity index (χ0) is 55.6. The first-order valence-electron chi connectivity index (χ1n) is 32.3. The lowest BCUT2D eigenvalue weighted by Gasteiger charge is -2.41. The smallest absolute Gasteiger partial charge is 0.462 e. The summed E-state index contributed by atoms with van der Waals surface area (Å²) in [5, 5.41) is 50.5. The van der Waals surface area contributed by atoms with Crippen LogP contribution < -0.4 is 0 Å². The minimum Gasteiger partial charge on any atom is -0.462 e. The number of hydrogen-bond acceptors (Lipinski definition) is 12. The third-order valence-corrected chi connectivity index (χ3v) is 16.7. The summed E-state index contributed by atoms with van der Waals surface area (Å²) in [6, 6.07) is 0. The molecular formula is C62H121O13P. The number of carbonyl (C=O) groups excluding carboxylic acids is 2. The van der Waals surface area contributed by atoms with Crippen LogP contribution in [0.3, 0.4) is 0 Å². The first kappa shape index (κ1) is 72.9. The molecule has 6 N–H and O–H groups in total. The first-order valence-corrected chi connectivity index (χ1v) is 33.8. The average molecular weight is 1110 g/mol. The van der Waals surface area contributed by atoms with Crippen molar-refractivity contribution < 1.29 is 63.1 Å². The van der Waals surface area contributed by atoms with Crippen molar-refractivity contribution in [2.45, 2.75) is 371 Å². The van der Waals surface area contributed by atoms with Gasteiger partial charge < -0.3 is 39.9 Å². The van der Waals surface area contributed by atoms with E-state index >= 15 is 0 Å². The van der Waals surface area contributed by atoms with E-state index in [-0.39, 0.29) is 12.8 Å². The van der Waals surface area contributed by atoms with Gasteiger partial charge in [0.2, 0.25) is 0 Å². The first-order chi connectivity index (χ1) is 36.9. The number of aliphatic hydroxyl groups is 5. The number of carbonyl (C=O) groups is 2. The van der Waals surface area contributed by atoms with E-state index in [9.17, 15) is 44.6 Å². The molecule has 1 aliphatic carbocycles. The highest BCUT2D eigenvalue weighted by molar-refractivity contribution is 7.47. The van der Waals surface area contributed by atoms with Gasteiger partial charge in [0.05, 0.1) is 6.61 Å². The minimum absolute atomic E-state index is 0.106. The maximum absolute atomic E-state index is 12.9. The summed E-state index contributed by atoms with van der Waals surface area (Å²) in [7, 11) is -5.12. The van der Waals surface area contributed by atoms with Crippen LogP contribution in [0.2, 0.25) is 0 Å². The fraction of sp³-hybridized carbons (Fsp3) is 0.968. The van der Waals surface area contributed by atoms with E-state index in [1.54, 1.807) is 0 Å². The van der Waals surface area contributed by atoms with E-state index in [0.29, 0.717) is 12.8 Å². The van der Waals surface area contributed by atoms with Crippen molar-refractivity contribution in [3.05, 3.63) is 0 Å². The standard InChI is InChI=1S/C62H121O13P/c1-3-5-7-9-11-13-15-17-19-21-23-25-27-29-31-33-35-37-39-41-43-45-47-49-51-56(64)74-54(53-73-76(70,71)75-62-60(68)58(66)57(65)59(67)61(62)69)52-72-55(63)50-48-46-44-42-40-38-36-34-32-30-28-26-24-22-20-18-16-14-12-10-8-6-4-2/h54,57-62,65-69H,3-53H2,1-2H3,(H,70,71). The topological polar surface area (TPSA) is 210 Å². The van der Waals surface area contributed by atoms with Crippen LogP contribution in [0.1, 0.15) is 328 Å². The highest BCUT2D eigenvalue weighted by Gasteiger charge is 2.51. The second-order valence-corrected chi connectivity index (χ2v) is 24.4. The van der Waals surface area contributed by atoms with Crippen LogP contribution in [-0.2, 0) is 32.7 Å². The summed E-state index contributed by atoms with van der Waals surface area (Å²) in [4.78, 5) is 36.1. The van der Waals surface area contributed by atoms with Crippen molar-refractivity contribution in [2.24, 2.45) is 0 Å². The fourth-order valence-corrected chi connectivity index (χ4v) is 11.6. The molecule has 6 unspecified atom stereocenters. The van der Waals surface area contributed by atoms with Crippen molar-refractivity contribution >= 4 is 19.8 Å². The number of rotatable bonds is 57. The highest BCUT2D eigenvalue weighted by Crippen LogP contribution is 2.47. The summed E-state index contributed by atoms with van der Waals surface area (Å²) in [5.74, 6) is -1.07. The zero-order valence-corrected chi connectivity index (χ0v) is 50.0. The van der Waals surface area contributed by atoms with Crippen molar-refractivity contribution in [3.8, 4) is 0 Å². The number of esters is 2. The Labute approximate surface area is 465 Å². The third kappa shape index (κ3) is 42.7. The lowest BCUT2D eigenvalue weighted by atomic mass is 9.85. The Kier molecular flexibility index (Phi) is 49.8. The van der Waals surface area contributed by atoms with Gasteiger partial charge in [-0.1, -0.05) is 303 Å². The molecule has 0 saturated heterocycles. The minimum atomic E-state index is -5.12. The quantitative estimate of drug-likeness (QED) is 0.0190. The molecule has 13 nitrogen and oxygen atoms in total. The maximum Gasteiger partial charge on any atom is 0.472 e. The molecule has 0 aliphatic heterocycles. The number of phosphoric ester groups is 1. The summed E-state index contributed by atoms with van der Waals surface area (Å²) < 4.78 is 33.9. The maximum atomic E-state index is 12.9. The fourth-order valence-electron chi connectivity index (χ4n) is 10.6. The van der Waals surface area contributed by atoms with Gasteiger partial charge in [-0.25, -0.2) is 4.57 Å². The summed E-state index contributed by atoms with van der Waals surface area (Å²) in [5.41, 5.74) is 0. The van der Waals surface area contributed by atoms with Crippen molar-refractivity contribution in [1.82, 2.24) is 0 Å². The van der Waals surface area contributed by atoms with E-state index < -0.39 is 75.7 Å². The monoisotopic (exact) mass is 1100 g/mol. The molecule has 0 aromatic rings. The van der Waals surface area contributed by atoms with E-state index in [1.165, 1.54) is 250 Å². The number of ether oxygens (including phenoxy) is 2. The summed E-state index contributed by atoms with van der Waals surface area (Å²) in [6.45, 7) is 3.40. The Morgan fingerprint density at radius 3 is 0.868 bits per heavy atom. The predicted octanol–water partition coefficient (Wildman–Crippen LogP) is 15.9. The SMILES string of the molecule is CCCCCCCCCCCCCCCCCCCCCCCCCCC(=O)OC(COC(=O)CCCCCCCCCCCCCCCCCCCCCCCCC)COP(=O)(O)OC1C(O)C(O)C(O)C(O)C1O. The molecule has 76 heavy (non-hydrogen) atoms. The van der Waals surface area contributed by atoms with Gasteiger partial charge in [0.15, 0.2) is 6.10 Å². The molecule has 6 atom stereocenters. The van der Waals surface area contributed by atoms with Crippen LogP contribution in [0.15, 0.2) is 0 Å². The predicted molar refractivity (Wildman–Crippen MR) is 309 cm³/mol. The zero-order valence-electron chi connectivity index (χ0n) is 49.1. The molecule has 452 valence electrons. The Hall–Kier alpha value is -1.15. The Balaban J connectivity index is 2.25. The second-order valence-electron chi connectivity index (χ2n) is 23.0. The van der Waals surface area contributed by atoms with Crippen LogP contribution in [0.25, 0.3) is 0 Å². The van der Waals surface area contributed by atoms with Gasteiger partial charge in [0.1, 0.15) is 43.2 Å². The van der Waals surface area contributed by atoms with Gasteiger partial charge in [-0.2, -0.15) is 0 Å². The molecular weight excluding hydrogens is 984 g/mol. The second kappa shape index (κ2) is 52.0. The number of unbranched alkanes of at least 4 members (excludes halogenated alkanes) is 45. The molecule has 0 bridgehead atoms. The van der Waals surface area contributed by atoms with Gasteiger partial charge >= 0.3 is 19.8 Å². The molecule has 0 amide bonds. The molecule has 1 fully saturated rings. The molecule has 0 radical (unpaired) electrons. The van der Waals surface area contributed by atoms with Crippen LogP contribution in [0, 0.1) is 0 Å². The van der Waals surface area contributed by atoms with Gasteiger partial charge in [0.25, 0.3) is 0 Å². The average Bonchev–Trinajstić information content (AvgIpc) is 3.40. The lowest BCUT2D eigenvalue weighted by molar-refractivity contribution is -0.220. The van der Waals surface area contributed by atoms with Crippen LogP contribution in [-0.4, -0.2) is 98.3 Å². The molecule has 0 heterocycles. The Morgan fingerprint density at radius 2 is 0.592 bits per heavy atom. The van der Waals surface area contributed by atoms with E-state index in [4.69, 9.17) is 18.5 Å². The summed E-state index contributed by atoms with van der Waals surface area (Å²) in [6.07, 6.45) is 47.3. The van der Waals surface area contributed by atoms with Crippen LogP contribution in [0.5, 0.6) is 0 Å². The van der Waals surface area contributed by atoms with Gasteiger partial charge in [-0.3, -0.25) is 18.6 Å². The third-order valence-electron chi connectivity index (χ3n) is 15.7. The molecule has 0 aromatic heterocycles. The number of aliphatic hydroxyl groups excluding tert-OH is 5. The van der Waals surface area contributed by atoms with Gasteiger partial charge in [-0.15, -0.1) is 0 Å². The van der Waals surface area contributed by atoms with E-state index in [0.717, 1.165) is 38.5 Å². The normalized spacial score (nSPS) is 19.9. The van der Waals surface area contributed by atoms with Crippen LogP contribution in [0.4, 0.5) is 0 Å². The van der Waals surface area contributed by atoms with Gasteiger partial charge in [0, 0.05) is 12.8 Å². The van der Waals surface area contributed by atoms with Crippen molar-refractivity contribution in [1.29, 1.82) is 0 Å². The Bertz CT molecular complexity index is 1320. The molecule has 14 heteroatoms. The van der Waals surface area contributed by atoms with E-state index in [1.807, 2.05) is 0 Å². The summed E-state index contributed by atoms with van der Waals surface area (Å²) >= 11 is 0. The van der Waals surface area contributed by atoms with Gasteiger partial charge in [-0.05, 0) is 12.8 Å². The number of hydrogen-bond donors (Lipinski definition) is 6. The largest absolute Gasteiger partial charge is 0.472 e. The van der Waals surface area contributed by atoms with Crippen LogP contribution >= 0.6 is 7.82 Å². The van der Waals surface area contributed by atoms with Crippen molar-refractivity contribution in [3.63, 3.8) is 0 Å². The molecule has 1 aliphatic rings. The molecule has 1 rings (SSSR count). The van der Waals surface area contributed by atoms with Crippen molar-refractivity contribution in [2.75, 3.05) is 13.2 Å².